The average molecular weight is 582 g/mol. The molecule has 0 atom stereocenters. The first-order chi connectivity index (χ1) is 20.5. The van der Waals surface area contributed by atoms with Gasteiger partial charge in [0, 0.05) is 6.07 Å². The topological polar surface area (TPSA) is 65.9 Å². The third kappa shape index (κ3) is 6.62. The minimum atomic E-state index is -4.60. The number of fused-ring (bicyclic) bond motifs is 2. The summed E-state index contributed by atoms with van der Waals surface area (Å²) in [7, 11) is 0. The Morgan fingerprint density at radius 1 is 0.698 bits per heavy atom. The second-order valence-electron chi connectivity index (χ2n) is 9.88. The summed E-state index contributed by atoms with van der Waals surface area (Å²) in [6, 6.07) is 19.1. The van der Waals surface area contributed by atoms with Crippen molar-refractivity contribution >= 4 is 36.1 Å². The number of halogens is 3. The van der Waals surface area contributed by atoms with Crippen LogP contribution >= 0.6 is 0 Å². The minimum absolute atomic E-state index is 0.00818. The van der Waals surface area contributed by atoms with E-state index >= 15 is 0 Å². The summed E-state index contributed by atoms with van der Waals surface area (Å²) in [6.45, 7) is 18.9. The fraction of sp³-hybridized carbons (Fsp3) is 0.161. The standard InChI is InChI=1S/C16H11BF3NO2.C15H12BNO3/c1-17-14-5-3-11(7-10(14)9-22-17)23-12-4-6-15(21-2)13(8-12)16(18,19)20;1-16-13-5-3-11(7-10(13)9-19-16)20-12-4-6-14(17-2)15(18)8-12/h3-8H,9H2,1H3;3-8,18H,9H2,1H3. The quantitative estimate of drug-likeness (QED) is 0.200. The van der Waals surface area contributed by atoms with Gasteiger partial charge in [0.15, 0.2) is 5.69 Å². The van der Waals surface area contributed by atoms with Crippen molar-refractivity contribution in [2.24, 2.45) is 0 Å². The van der Waals surface area contributed by atoms with Gasteiger partial charge in [0.25, 0.3) is 0 Å². The summed E-state index contributed by atoms with van der Waals surface area (Å²) in [5.41, 5.74) is 3.10. The molecule has 0 spiro atoms. The molecule has 1 N–H and O–H groups in total. The van der Waals surface area contributed by atoms with Crippen LogP contribution in [0.25, 0.3) is 9.69 Å². The van der Waals surface area contributed by atoms with Crippen LogP contribution < -0.4 is 20.4 Å². The molecule has 4 aromatic carbocycles. The molecule has 0 saturated carbocycles. The second-order valence-corrected chi connectivity index (χ2v) is 9.88. The van der Waals surface area contributed by atoms with Crippen LogP contribution in [0, 0.1) is 13.1 Å². The molecule has 0 saturated heterocycles. The van der Waals surface area contributed by atoms with Gasteiger partial charge in [-0.15, -0.1) is 0 Å². The Kier molecular flexibility index (Phi) is 8.36. The van der Waals surface area contributed by atoms with Crippen LogP contribution in [-0.2, 0) is 28.7 Å². The minimum Gasteiger partial charge on any atom is -0.519 e. The van der Waals surface area contributed by atoms with Gasteiger partial charge in [-0.1, -0.05) is 31.8 Å². The molecule has 0 aromatic heterocycles. The van der Waals surface area contributed by atoms with Gasteiger partial charge in [-0.25, -0.2) is 9.69 Å². The predicted molar refractivity (Wildman–Crippen MR) is 157 cm³/mol. The molecule has 0 amide bonds. The largest absolute Gasteiger partial charge is 0.519 e. The highest BCUT2D eigenvalue weighted by Crippen LogP contribution is 2.39. The molecule has 7 nitrogen and oxygen atoms in total. The smallest absolute Gasteiger partial charge is 0.407 e. The first-order valence-electron chi connectivity index (χ1n) is 13.2. The Morgan fingerprint density at radius 2 is 1.14 bits per heavy atom. The summed E-state index contributed by atoms with van der Waals surface area (Å²) in [6.07, 6.45) is -4.60. The maximum Gasteiger partial charge on any atom is 0.407 e. The van der Waals surface area contributed by atoms with Crippen molar-refractivity contribution in [1.82, 2.24) is 0 Å². The maximum absolute atomic E-state index is 13.0. The molecule has 0 unspecified atom stereocenters. The zero-order chi connectivity index (χ0) is 30.7. The average Bonchev–Trinajstić information content (AvgIpc) is 3.54. The van der Waals surface area contributed by atoms with Crippen molar-refractivity contribution in [3.8, 4) is 28.7 Å². The highest BCUT2D eigenvalue weighted by Gasteiger charge is 2.34. The highest BCUT2D eigenvalue weighted by atomic mass is 19.4. The zero-order valence-electron chi connectivity index (χ0n) is 23.1. The first kappa shape index (κ1) is 29.6. The third-order valence-corrected chi connectivity index (χ3v) is 7.02. The SMILES string of the molecule is [C-]#[N+]c1ccc(Oc2ccc3c(c2)COB3C)cc1C(F)(F)F.[C-]#[N+]c1ccc(Oc2ccc3c(c2)COB3C)cc1O. The molecule has 6 rings (SSSR count). The summed E-state index contributed by atoms with van der Waals surface area (Å²) in [4.78, 5) is 6.10. The number of alkyl halides is 3. The summed E-state index contributed by atoms with van der Waals surface area (Å²) >= 11 is 0. The maximum atomic E-state index is 13.0. The summed E-state index contributed by atoms with van der Waals surface area (Å²) in [5.74, 6) is 1.59. The van der Waals surface area contributed by atoms with E-state index in [1.54, 1.807) is 18.2 Å². The van der Waals surface area contributed by atoms with E-state index in [-0.39, 0.29) is 31.0 Å². The van der Waals surface area contributed by atoms with E-state index in [9.17, 15) is 18.3 Å². The van der Waals surface area contributed by atoms with E-state index in [0.29, 0.717) is 30.5 Å². The van der Waals surface area contributed by atoms with Gasteiger partial charge in [-0.05, 0) is 70.6 Å². The zero-order valence-corrected chi connectivity index (χ0v) is 23.1. The van der Waals surface area contributed by atoms with Gasteiger partial charge < -0.3 is 23.9 Å². The number of phenolic OH excluding ortho intramolecular Hbond substituents is 1. The van der Waals surface area contributed by atoms with Crippen molar-refractivity contribution < 1.29 is 37.1 Å². The van der Waals surface area contributed by atoms with Crippen LogP contribution in [-0.4, -0.2) is 18.9 Å². The monoisotopic (exact) mass is 582 g/mol. The lowest BCUT2D eigenvalue weighted by atomic mass is 9.64. The van der Waals surface area contributed by atoms with Crippen molar-refractivity contribution in [3.63, 3.8) is 0 Å². The van der Waals surface area contributed by atoms with Gasteiger partial charge in [0.1, 0.15) is 28.7 Å². The van der Waals surface area contributed by atoms with Crippen molar-refractivity contribution in [1.29, 1.82) is 0 Å². The highest BCUT2D eigenvalue weighted by molar-refractivity contribution is 6.67. The first-order valence-corrected chi connectivity index (χ1v) is 13.2. The number of hydrogen-bond donors (Lipinski definition) is 1. The van der Waals surface area contributed by atoms with Crippen LogP contribution in [0.3, 0.4) is 0 Å². The second kappa shape index (κ2) is 12.1. The Balaban J connectivity index is 0.000000173. The van der Waals surface area contributed by atoms with Crippen LogP contribution in [0.5, 0.6) is 28.7 Å². The number of ether oxygens (including phenoxy) is 2. The molecule has 0 aliphatic carbocycles. The third-order valence-electron chi connectivity index (χ3n) is 7.02. The lowest BCUT2D eigenvalue weighted by Crippen LogP contribution is -2.23. The molecule has 0 fully saturated rings. The van der Waals surface area contributed by atoms with Gasteiger partial charge in [0.05, 0.1) is 31.9 Å². The van der Waals surface area contributed by atoms with Gasteiger partial charge in [-0.3, -0.25) is 0 Å². The molecule has 0 bridgehead atoms. The normalized spacial score (nSPS) is 13.3. The molecule has 43 heavy (non-hydrogen) atoms. The summed E-state index contributed by atoms with van der Waals surface area (Å²) < 4.78 is 61.1. The molecule has 0 radical (unpaired) electrons. The number of nitrogens with zero attached hydrogens (tertiary/aromatic N) is 2. The summed E-state index contributed by atoms with van der Waals surface area (Å²) in [5, 5.41) is 9.65. The van der Waals surface area contributed by atoms with Gasteiger partial charge in [0.2, 0.25) is 5.69 Å². The van der Waals surface area contributed by atoms with Crippen LogP contribution in [0.4, 0.5) is 24.5 Å². The lowest BCUT2D eigenvalue weighted by Gasteiger charge is -2.12. The Morgan fingerprint density at radius 3 is 1.60 bits per heavy atom. The van der Waals surface area contributed by atoms with E-state index in [1.165, 1.54) is 23.7 Å². The van der Waals surface area contributed by atoms with Gasteiger partial charge in [-0.2, -0.15) is 13.2 Å². The predicted octanol–water partition coefficient (Wildman–Crippen LogP) is 7.50. The molecule has 2 heterocycles. The number of benzene rings is 4. The van der Waals surface area contributed by atoms with E-state index in [2.05, 4.69) is 9.69 Å². The number of hydrogen-bond acceptors (Lipinski definition) is 5. The van der Waals surface area contributed by atoms with Crippen molar-refractivity contribution in [2.45, 2.75) is 33.0 Å². The molecular weight excluding hydrogens is 559 g/mol. The van der Waals surface area contributed by atoms with E-state index in [4.69, 9.17) is 31.9 Å². The molecule has 2 aliphatic heterocycles. The fourth-order valence-electron chi connectivity index (χ4n) is 4.78. The lowest BCUT2D eigenvalue weighted by molar-refractivity contribution is -0.136. The van der Waals surface area contributed by atoms with Crippen molar-refractivity contribution in [3.05, 3.63) is 112 Å². The molecule has 214 valence electrons. The van der Waals surface area contributed by atoms with E-state index in [0.717, 1.165) is 28.7 Å². The van der Waals surface area contributed by atoms with E-state index in [1.807, 2.05) is 37.9 Å². The Bertz CT molecular complexity index is 1770. The molecule has 12 heteroatoms. The van der Waals surface area contributed by atoms with E-state index < -0.39 is 17.4 Å². The number of phenols is 1. The molecular formula is C31H23B2F3N2O5. The Hall–Kier alpha value is -4.90. The van der Waals surface area contributed by atoms with Crippen LogP contribution in [0.1, 0.15) is 16.7 Å². The Labute approximate surface area is 247 Å². The molecule has 4 aromatic rings. The number of rotatable bonds is 4. The fourth-order valence-corrected chi connectivity index (χ4v) is 4.78. The van der Waals surface area contributed by atoms with Crippen molar-refractivity contribution in [2.75, 3.05) is 0 Å². The van der Waals surface area contributed by atoms with Crippen LogP contribution in [0.15, 0.2) is 72.8 Å². The number of aromatic hydroxyl groups is 1. The molecule has 2 aliphatic rings. The van der Waals surface area contributed by atoms with Crippen LogP contribution in [0.2, 0.25) is 13.6 Å². The van der Waals surface area contributed by atoms with Gasteiger partial charge >= 0.3 is 20.0 Å².